The molecular weight excluding hydrogens is 751 g/mol. The normalized spacial score (nSPS) is 12.9. The molecule has 0 aromatic carbocycles. The van der Waals surface area contributed by atoms with E-state index < -0.39 is 18.1 Å². The number of hydrogen-bond donors (Lipinski definition) is 0. The molecule has 0 N–H and O–H groups in total. The van der Waals surface area contributed by atoms with Crippen LogP contribution in [0, 0.1) is 0 Å². The molecule has 0 aromatic rings. The van der Waals surface area contributed by atoms with Crippen molar-refractivity contribution in [1.82, 2.24) is 0 Å². The molecule has 0 saturated heterocycles. The van der Waals surface area contributed by atoms with Gasteiger partial charge in [-0.2, -0.15) is 0 Å². The van der Waals surface area contributed by atoms with E-state index in [0.717, 1.165) is 38.5 Å². The number of likely N-dealkylation sites (N-methyl/N-ethyl adjacent to an activating group) is 1. The summed E-state index contributed by atoms with van der Waals surface area (Å²) in [5.41, 5.74) is 0. The summed E-state index contributed by atoms with van der Waals surface area (Å²) in [6.07, 6.45) is 48.2. The molecule has 0 spiro atoms. The fourth-order valence-corrected chi connectivity index (χ4v) is 7.89. The highest BCUT2D eigenvalue weighted by atomic mass is 16.6. The van der Waals surface area contributed by atoms with Gasteiger partial charge in [-0.05, 0) is 38.5 Å². The van der Waals surface area contributed by atoms with Crippen LogP contribution in [0.5, 0.6) is 0 Å². The third-order valence-corrected chi connectivity index (χ3v) is 11.9. The first-order valence-corrected chi connectivity index (χ1v) is 25.7. The Morgan fingerprint density at radius 3 is 1.20 bits per heavy atom. The molecular formula is C52H99NO7. The van der Waals surface area contributed by atoms with Gasteiger partial charge in [0.25, 0.3) is 0 Å². The molecule has 0 bridgehead atoms. The second kappa shape index (κ2) is 43.7. The standard InChI is InChI=1S/C52H99NO7/c1-6-8-10-12-14-16-18-20-21-22-23-24-25-26-27-28-29-31-32-34-36-38-40-42-50(54)59-47-48(46-58-45-44-49(52(56)57)53(3,4)5)60-51(55)43-41-39-37-35-33-30-19-17-15-13-11-9-7-2/h26-27,48-49H,6-25,28-47H2,1-5H3/b27-26+. The van der Waals surface area contributed by atoms with E-state index >= 15 is 0 Å². The number of carbonyl (C=O) groups is 3. The van der Waals surface area contributed by atoms with Gasteiger partial charge in [-0.3, -0.25) is 9.59 Å². The highest BCUT2D eigenvalue weighted by molar-refractivity contribution is 5.70. The molecule has 0 aliphatic heterocycles. The largest absolute Gasteiger partial charge is 0.544 e. The van der Waals surface area contributed by atoms with E-state index in [0.29, 0.717) is 12.8 Å². The molecule has 0 rings (SSSR count). The SMILES string of the molecule is CCCCCCCCCCCCCC/C=C/CCCCCCCCCC(=O)OCC(COCCC(C(=O)[O-])[N+](C)(C)C)OC(=O)CCCCCCCCCCCCCCC. The lowest BCUT2D eigenvalue weighted by Gasteiger charge is -2.34. The van der Waals surface area contributed by atoms with E-state index in [4.69, 9.17) is 14.2 Å². The lowest BCUT2D eigenvalue weighted by molar-refractivity contribution is -0.889. The van der Waals surface area contributed by atoms with Gasteiger partial charge in [-0.1, -0.05) is 206 Å². The maximum absolute atomic E-state index is 12.7. The fraction of sp³-hybridized carbons (Fsp3) is 0.904. The summed E-state index contributed by atoms with van der Waals surface area (Å²) in [5, 5.41) is 11.6. The quantitative estimate of drug-likeness (QED) is 0.0260. The van der Waals surface area contributed by atoms with Crippen molar-refractivity contribution < 1.29 is 38.2 Å². The highest BCUT2D eigenvalue weighted by Gasteiger charge is 2.25. The van der Waals surface area contributed by atoms with E-state index in [2.05, 4.69) is 26.0 Å². The molecule has 2 atom stereocenters. The topological polar surface area (TPSA) is 102 Å². The number of quaternary nitrogens is 1. The number of nitrogens with zero attached hydrogens (tertiary/aromatic N) is 1. The van der Waals surface area contributed by atoms with E-state index in [1.54, 1.807) is 0 Å². The van der Waals surface area contributed by atoms with Gasteiger partial charge >= 0.3 is 11.9 Å². The van der Waals surface area contributed by atoms with Crippen LogP contribution in [0.1, 0.15) is 251 Å². The molecule has 0 aromatic heterocycles. The molecule has 2 unspecified atom stereocenters. The van der Waals surface area contributed by atoms with E-state index in [1.165, 1.54) is 180 Å². The number of ether oxygens (including phenoxy) is 3. The van der Waals surface area contributed by atoms with Crippen LogP contribution >= 0.6 is 0 Å². The number of unbranched alkanes of at least 4 members (excludes halogenated alkanes) is 31. The Morgan fingerprint density at radius 1 is 0.483 bits per heavy atom. The molecule has 8 nitrogen and oxygen atoms in total. The number of aliphatic carboxylic acids is 1. The molecule has 0 aliphatic carbocycles. The van der Waals surface area contributed by atoms with Crippen molar-refractivity contribution in [3.8, 4) is 0 Å². The number of allylic oxidation sites excluding steroid dienone is 2. The maximum atomic E-state index is 12.7. The third-order valence-electron chi connectivity index (χ3n) is 11.9. The van der Waals surface area contributed by atoms with Crippen LogP contribution in [-0.2, 0) is 28.6 Å². The second-order valence-corrected chi connectivity index (χ2v) is 18.8. The predicted molar refractivity (Wildman–Crippen MR) is 250 cm³/mol. The Labute approximate surface area is 371 Å². The zero-order valence-corrected chi connectivity index (χ0v) is 40.4. The lowest BCUT2D eigenvalue weighted by atomic mass is 10.0. The Bertz CT molecular complexity index is 993. The van der Waals surface area contributed by atoms with Crippen LogP contribution in [-0.4, -0.2) is 75.5 Å². The molecule has 0 heterocycles. The number of rotatable bonds is 47. The Kier molecular flexibility index (Phi) is 42.3. The average Bonchev–Trinajstić information content (AvgIpc) is 3.21. The Hall–Kier alpha value is -1.93. The van der Waals surface area contributed by atoms with Crippen LogP contribution < -0.4 is 5.11 Å². The van der Waals surface area contributed by atoms with Crippen molar-refractivity contribution in [3.05, 3.63) is 12.2 Å². The Balaban J connectivity index is 4.15. The number of carboxylic acid groups (broad SMARTS) is 1. The smallest absolute Gasteiger partial charge is 0.306 e. The van der Waals surface area contributed by atoms with Crippen LogP contribution in [0.3, 0.4) is 0 Å². The number of hydrogen-bond acceptors (Lipinski definition) is 7. The minimum Gasteiger partial charge on any atom is -0.544 e. The minimum atomic E-state index is -1.12. The molecule has 0 saturated carbocycles. The summed E-state index contributed by atoms with van der Waals surface area (Å²) >= 11 is 0. The van der Waals surface area contributed by atoms with Crippen LogP contribution in [0.4, 0.5) is 0 Å². The number of esters is 2. The summed E-state index contributed by atoms with van der Waals surface area (Å²) in [7, 11) is 5.42. The Morgan fingerprint density at radius 2 is 0.833 bits per heavy atom. The molecule has 60 heavy (non-hydrogen) atoms. The maximum Gasteiger partial charge on any atom is 0.306 e. The minimum absolute atomic E-state index is 0.0454. The van der Waals surface area contributed by atoms with E-state index in [-0.39, 0.29) is 42.7 Å². The van der Waals surface area contributed by atoms with Crippen molar-refractivity contribution >= 4 is 17.9 Å². The van der Waals surface area contributed by atoms with E-state index in [9.17, 15) is 19.5 Å². The molecule has 0 radical (unpaired) electrons. The first-order valence-electron chi connectivity index (χ1n) is 25.7. The molecule has 354 valence electrons. The first-order chi connectivity index (χ1) is 29.1. The summed E-state index contributed by atoms with van der Waals surface area (Å²) in [5.74, 6) is -1.72. The first kappa shape index (κ1) is 58.1. The van der Waals surface area contributed by atoms with E-state index in [1.807, 2.05) is 21.1 Å². The van der Waals surface area contributed by atoms with Crippen molar-refractivity contribution in [3.63, 3.8) is 0 Å². The molecule has 0 fully saturated rings. The van der Waals surface area contributed by atoms with Gasteiger partial charge < -0.3 is 28.6 Å². The van der Waals surface area contributed by atoms with Gasteiger partial charge in [-0.25, -0.2) is 0 Å². The van der Waals surface area contributed by atoms with Gasteiger partial charge in [-0.15, -0.1) is 0 Å². The molecule has 8 heteroatoms. The van der Waals surface area contributed by atoms with Gasteiger partial charge in [0.15, 0.2) is 6.10 Å². The summed E-state index contributed by atoms with van der Waals surface area (Å²) in [6, 6.07) is -0.722. The zero-order valence-electron chi connectivity index (χ0n) is 40.4. The van der Waals surface area contributed by atoms with Crippen molar-refractivity contribution in [1.29, 1.82) is 0 Å². The van der Waals surface area contributed by atoms with Gasteiger partial charge in [0.2, 0.25) is 0 Å². The summed E-state index contributed by atoms with van der Waals surface area (Å²) in [4.78, 5) is 37.0. The van der Waals surface area contributed by atoms with Gasteiger partial charge in [0.05, 0.1) is 40.3 Å². The molecule has 0 amide bonds. The van der Waals surface area contributed by atoms with Gasteiger partial charge in [0, 0.05) is 19.3 Å². The summed E-state index contributed by atoms with van der Waals surface area (Å²) < 4.78 is 17.2. The summed E-state index contributed by atoms with van der Waals surface area (Å²) in [6.45, 7) is 4.70. The van der Waals surface area contributed by atoms with Crippen LogP contribution in [0.15, 0.2) is 12.2 Å². The number of carbonyl (C=O) groups excluding carboxylic acids is 3. The van der Waals surface area contributed by atoms with Crippen molar-refractivity contribution in [2.75, 3.05) is 41.0 Å². The van der Waals surface area contributed by atoms with Crippen molar-refractivity contribution in [2.45, 2.75) is 264 Å². The fourth-order valence-electron chi connectivity index (χ4n) is 7.89. The van der Waals surface area contributed by atoms with Gasteiger partial charge in [0.1, 0.15) is 12.6 Å². The van der Waals surface area contributed by atoms with Crippen LogP contribution in [0.25, 0.3) is 0 Å². The average molecular weight is 850 g/mol. The predicted octanol–water partition coefficient (Wildman–Crippen LogP) is 13.3. The second-order valence-electron chi connectivity index (χ2n) is 18.8. The number of carboxylic acids is 1. The monoisotopic (exact) mass is 850 g/mol. The van der Waals surface area contributed by atoms with Crippen molar-refractivity contribution in [2.24, 2.45) is 0 Å². The molecule has 0 aliphatic rings. The zero-order chi connectivity index (χ0) is 44.2. The highest BCUT2D eigenvalue weighted by Crippen LogP contribution is 2.16. The van der Waals surface area contributed by atoms with Crippen LogP contribution in [0.2, 0.25) is 0 Å². The third kappa shape index (κ3) is 41.4. The lowest BCUT2D eigenvalue weighted by Crippen LogP contribution is -2.55.